The maximum atomic E-state index is 6.22. The lowest BCUT2D eigenvalue weighted by Gasteiger charge is -2.17. The Hall–Kier alpha value is -3.38. The van der Waals surface area contributed by atoms with E-state index in [9.17, 15) is 0 Å². The highest BCUT2D eigenvalue weighted by molar-refractivity contribution is 5.91. The molecule has 0 amide bonds. The molecule has 3 N–H and O–H groups in total. The van der Waals surface area contributed by atoms with Crippen LogP contribution in [0.1, 0.15) is 25.1 Å². The average Bonchev–Trinajstić information content (AvgIpc) is 3.12. The van der Waals surface area contributed by atoms with E-state index < -0.39 is 0 Å². The molecule has 0 aliphatic carbocycles. The first-order valence-corrected chi connectivity index (χ1v) is 9.98. The first kappa shape index (κ1) is 19.0. The van der Waals surface area contributed by atoms with Crippen LogP contribution in [-0.4, -0.2) is 21.1 Å². The smallest absolute Gasteiger partial charge is 0.151 e. The molecule has 5 rings (SSSR count). The summed E-state index contributed by atoms with van der Waals surface area (Å²) in [6.45, 7) is 5.73. The maximum absolute atomic E-state index is 6.22. The number of fused-ring (bicyclic) bond motifs is 3. The van der Waals surface area contributed by atoms with Gasteiger partial charge in [-0.1, -0.05) is 32.0 Å². The third kappa shape index (κ3) is 3.54. The van der Waals surface area contributed by atoms with Crippen molar-refractivity contribution in [2.45, 2.75) is 26.8 Å². The highest BCUT2D eigenvalue weighted by Crippen LogP contribution is 2.33. The molecule has 0 atom stereocenters. The largest absolute Gasteiger partial charge is 0.457 e. The van der Waals surface area contributed by atoms with Gasteiger partial charge in [-0.15, -0.1) is 0 Å². The number of rotatable bonds is 3. The fraction of sp³-hybridized carbons (Fsp3) is 0.217. The Balaban J connectivity index is 0.000000994. The second-order valence-electron chi connectivity index (χ2n) is 6.55. The first-order chi connectivity index (χ1) is 14.3. The van der Waals surface area contributed by atoms with Gasteiger partial charge in [-0.2, -0.15) is 0 Å². The molecule has 3 heterocycles. The van der Waals surface area contributed by atoms with E-state index in [0.717, 1.165) is 47.7 Å². The van der Waals surface area contributed by atoms with Crippen LogP contribution in [0.2, 0.25) is 0 Å². The molecule has 0 spiro atoms. The van der Waals surface area contributed by atoms with Gasteiger partial charge in [0.15, 0.2) is 5.82 Å². The van der Waals surface area contributed by atoms with Crippen LogP contribution in [0.4, 0.5) is 5.82 Å². The van der Waals surface area contributed by atoms with Gasteiger partial charge in [0.25, 0.3) is 0 Å². The number of para-hydroxylation sites is 1. The van der Waals surface area contributed by atoms with Crippen molar-refractivity contribution in [1.29, 1.82) is 0 Å². The summed E-state index contributed by atoms with van der Waals surface area (Å²) in [5, 5.41) is 3.42. The van der Waals surface area contributed by atoms with E-state index in [1.54, 1.807) is 0 Å². The molecule has 0 saturated carbocycles. The van der Waals surface area contributed by atoms with E-state index in [0.29, 0.717) is 5.82 Å². The van der Waals surface area contributed by atoms with Gasteiger partial charge in [-0.3, -0.25) is 0 Å². The second kappa shape index (κ2) is 8.32. The molecule has 2 aromatic heterocycles. The fourth-order valence-electron chi connectivity index (χ4n) is 3.68. The van der Waals surface area contributed by atoms with E-state index >= 15 is 0 Å². The molecule has 29 heavy (non-hydrogen) atoms. The molecule has 0 saturated heterocycles. The second-order valence-corrected chi connectivity index (χ2v) is 6.55. The zero-order valence-corrected chi connectivity index (χ0v) is 16.7. The molecule has 0 unspecified atom stereocenters. The van der Waals surface area contributed by atoms with Crippen molar-refractivity contribution >= 4 is 16.9 Å². The predicted octanol–water partition coefficient (Wildman–Crippen LogP) is 4.47. The first-order valence-electron chi connectivity index (χ1n) is 9.98. The number of benzene rings is 2. The van der Waals surface area contributed by atoms with Gasteiger partial charge in [0, 0.05) is 36.5 Å². The molecule has 6 nitrogen and oxygen atoms in total. The number of nitrogens with one attached hydrogen (secondary N) is 1. The SMILES string of the molecule is CC.Nc1ncnc2c3c(n(-c4ccc(Oc5ccccc5)cc4)c12)CCNC3. The molecule has 0 bridgehead atoms. The van der Waals surface area contributed by atoms with Crippen LogP contribution < -0.4 is 15.8 Å². The van der Waals surface area contributed by atoms with E-state index in [1.807, 2.05) is 68.4 Å². The molecule has 2 aromatic carbocycles. The Kier molecular flexibility index (Phi) is 5.44. The molecule has 1 aliphatic rings. The normalized spacial score (nSPS) is 12.8. The van der Waals surface area contributed by atoms with Crippen LogP contribution >= 0.6 is 0 Å². The summed E-state index contributed by atoms with van der Waals surface area (Å²) in [7, 11) is 0. The lowest BCUT2D eigenvalue weighted by molar-refractivity contribution is 0.482. The van der Waals surface area contributed by atoms with Crippen LogP contribution in [-0.2, 0) is 13.0 Å². The Morgan fingerprint density at radius 3 is 2.45 bits per heavy atom. The minimum absolute atomic E-state index is 0.499. The molecule has 0 fully saturated rings. The third-order valence-electron chi connectivity index (χ3n) is 4.89. The van der Waals surface area contributed by atoms with Gasteiger partial charge in [-0.25, -0.2) is 9.97 Å². The zero-order valence-electron chi connectivity index (χ0n) is 16.7. The lowest BCUT2D eigenvalue weighted by Crippen LogP contribution is -2.24. The number of anilines is 1. The zero-order chi connectivity index (χ0) is 20.2. The lowest BCUT2D eigenvalue weighted by atomic mass is 10.1. The summed E-state index contributed by atoms with van der Waals surface area (Å²) in [5.41, 5.74) is 11.5. The van der Waals surface area contributed by atoms with Crippen molar-refractivity contribution in [2.24, 2.45) is 0 Å². The number of nitrogen functional groups attached to an aromatic ring is 1. The van der Waals surface area contributed by atoms with Gasteiger partial charge in [-0.05, 0) is 36.4 Å². The highest BCUT2D eigenvalue weighted by atomic mass is 16.5. The molecule has 148 valence electrons. The number of hydrogen-bond donors (Lipinski definition) is 2. The summed E-state index contributed by atoms with van der Waals surface area (Å²) in [6, 6.07) is 17.8. The van der Waals surface area contributed by atoms with E-state index in [2.05, 4.69) is 19.9 Å². The van der Waals surface area contributed by atoms with Crippen molar-refractivity contribution < 1.29 is 4.74 Å². The molecule has 1 aliphatic heterocycles. The Bertz CT molecular complexity index is 1100. The predicted molar refractivity (Wildman–Crippen MR) is 117 cm³/mol. The number of hydrogen-bond acceptors (Lipinski definition) is 5. The third-order valence-corrected chi connectivity index (χ3v) is 4.89. The maximum Gasteiger partial charge on any atom is 0.151 e. The number of ether oxygens (including phenoxy) is 1. The summed E-state index contributed by atoms with van der Waals surface area (Å²) in [6.07, 6.45) is 2.46. The van der Waals surface area contributed by atoms with Gasteiger partial charge in [0.05, 0.1) is 5.52 Å². The van der Waals surface area contributed by atoms with Gasteiger partial charge in [0.1, 0.15) is 23.3 Å². The summed E-state index contributed by atoms with van der Waals surface area (Å²) >= 11 is 0. The molecule has 6 heteroatoms. The van der Waals surface area contributed by atoms with Gasteiger partial charge < -0.3 is 20.4 Å². The van der Waals surface area contributed by atoms with E-state index in [-0.39, 0.29) is 0 Å². The minimum atomic E-state index is 0.499. The summed E-state index contributed by atoms with van der Waals surface area (Å²) in [4.78, 5) is 8.71. The van der Waals surface area contributed by atoms with Crippen LogP contribution in [0.15, 0.2) is 60.9 Å². The number of nitrogens with zero attached hydrogens (tertiary/aromatic N) is 3. The van der Waals surface area contributed by atoms with Crippen LogP contribution in [0, 0.1) is 0 Å². The summed E-state index contributed by atoms with van der Waals surface area (Å²) < 4.78 is 8.09. The number of nitrogens with two attached hydrogens (primary N) is 1. The standard InChI is InChI=1S/C21H19N5O.C2H6/c22-21-20-19(24-13-25-21)17-12-23-11-10-18(17)26(20)14-6-8-16(9-7-14)27-15-4-2-1-3-5-15;1-2/h1-9,13,23H,10-12H2,(H2,22,24,25);1-2H3. The van der Waals surface area contributed by atoms with Crippen LogP contribution in [0.25, 0.3) is 16.7 Å². The summed E-state index contributed by atoms with van der Waals surface area (Å²) in [5.74, 6) is 2.11. The van der Waals surface area contributed by atoms with Crippen molar-refractivity contribution in [1.82, 2.24) is 19.9 Å². The monoisotopic (exact) mass is 387 g/mol. The highest BCUT2D eigenvalue weighted by Gasteiger charge is 2.23. The molecule has 4 aromatic rings. The Morgan fingerprint density at radius 2 is 1.69 bits per heavy atom. The van der Waals surface area contributed by atoms with Gasteiger partial charge >= 0.3 is 0 Å². The van der Waals surface area contributed by atoms with E-state index in [4.69, 9.17) is 10.5 Å². The number of aromatic nitrogens is 3. The van der Waals surface area contributed by atoms with Crippen molar-refractivity contribution in [3.05, 3.63) is 72.2 Å². The van der Waals surface area contributed by atoms with Crippen molar-refractivity contribution in [3.63, 3.8) is 0 Å². The van der Waals surface area contributed by atoms with Gasteiger partial charge in [0.2, 0.25) is 0 Å². The molecular formula is C23H25N5O. The molecular weight excluding hydrogens is 362 g/mol. The fourth-order valence-corrected chi connectivity index (χ4v) is 3.68. The molecule has 0 radical (unpaired) electrons. The van der Waals surface area contributed by atoms with Crippen LogP contribution in [0.3, 0.4) is 0 Å². The Morgan fingerprint density at radius 1 is 0.966 bits per heavy atom. The average molecular weight is 387 g/mol. The van der Waals surface area contributed by atoms with Crippen molar-refractivity contribution in [2.75, 3.05) is 12.3 Å². The Labute approximate surface area is 170 Å². The van der Waals surface area contributed by atoms with E-state index in [1.165, 1.54) is 17.6 Å². The minimum Gasteiger partial charge on any atom is -0.457 e. The van der Waals surface area contributed by atoms with Crippen LogP contribution in [0.5, 0.6) is 11.5 Å². The quantitative estimate of drug-likeness (QED) is 0.542. The van der Waals surface area contributed by atoms with Crippen molar-refractivity contribution in [3.8, 4) is 17.2 Å². The topological polar surface area (TPSA) is 78.0 Å².